The summed E-state index contributed by atoms with van der Waals surface area (Å²) in [7, 11) is 0. The predicted molar refractivity (Wildman–Crippen MR) is 55.6 cm³/mol. The van der Waals surface area contributed by atoms with Gasteiger partial charge in [0.25, 0.3) is 0 Å². The van der Waals surface area contributed by atoms with Crippen molar-refractivity contribution >= 4 is 5.97 Å². The maximum atomic E-state index is 13.6. The van der Waals surface area contributed by atoms with Crippen molar-refractivity contribution in [2.45, 2.75) is 31.8 Å². The third kappa shape index (κ3) is 1.93. The van der Waals surface area contributed by atoms with E-state index >= 15 is 0 Å². The number of halogens is 1. The van der Waals surface area contributed by atoms with Gasteiger partial charge in [0.05, 0.1) is 0 Å². The van der Waals surface area contributed by atoms with Gasteiger partial charge in [-0.15, -0.1) is 0 Å². The van der Waals surface area contributed by atoms with Crippen LogP contribution >= 0.6 is 0 Å². The lowest BCUT2D eigenvalue weighted by Crippen LogP contribution is -2.14. The molecule has 1 aromatic carbocycles. The van der Waals surface area contributed by atoms with E-state index in [-0.39, 0.29) is 5.56 Å². The lowest BCUT2D eigenvalue weighted by molar-refractivity contribution is -0.147. The predicted octanol–water partition coefficient (Wildman–Crippen LogP) is 1.82. The molecular formula is C12H13FO3. The Morgan fingerprint density at radius 2 is 1.81 bits per heavy atom. The third-order valence-corrected chi connectivity index (χ3v) is 2.99. The van der Waals surface area contributed by atoms with E-state index in [9.17, 15) is 14.3 Å². The number of fused-ring (bicyclic) bond motifs is 1. The fraction of sp³-hybridized carbons (Fsp3) is 0.417. The number of rotatable bonds is 2. The van der Waals surface area contributed by atoms with E-state index in [1.54, 1.807) is 0 Å². The molecule has 1 atom stereocenters. The molecule has 0 saturated carbocycles. The molecule has 0 bridgehead atoms. The maximum Gasteiger partial charge on any atom is 0.337 e. The molecule has 0 spiro atoms. The number of hydrogen-bond acceptors (Lipinski definition) is 2. The lowest BCUT2D eigenvalue weighted by atomic mass is 9.89. The van der Waals surface area contributed by atoms with Gasteiger partial charge in [-0.3, -0.25) is 0 Å². The summed E-state index contributed by atoms with van der Waals surface area (Å²) >= 11 is 0. The Bertz CT molecular complexity index is 429. The summed E-state index contributed by atoms with van der Waals surface area (Å²) in [6.45, 7) is 0. The van der Waals surface area contributed by atoms with E-state index in [2.05, 4.69) is 0 Å². The number of aliphatic hydroxyl groups is 1. The highest BCUT2D eigenvalue weighted by Crippen LogP contribution is 2.27. The van der Waals surface area contributed by atoms with Crippen LogP contribution in [0.4, 0.5) is 4.39 Å². The molecule has 2 N–H and O–H groups in total. The van der Waals surface area contributed by atoms with Crippen LogP contribution in [0.2, 0.25) is 0 Å². The van der Waals surface area contributed by atoms with Gasteiger partial charge >= 0.3 is 5.97 Å². The summed E-state index contributed by atoms with van der Waals surface area (Å²) in [4.78, 5) is 10.6. The third-order valence-electron chi connectivity index (χ3n) is 2.99. The fourth-order valence-electron chi connectivity index (χ4n) is 2.12. The lowest BCUT2D eigenvalue weighted by Gasteiger charge is -2.18. The Hall–Kier alpha value is -1.42. The molecule has 1 aliphatic rings. The van der Waals surface area contributed by atoms with E-state index in [0.29, 0.717) is 0 Å². The molecule has 0 fully saturated rings. The van der Waals surface area contributed by atoms with E-state index in [1.807, 2.05) is 0 Å². The van der Waals surface area contributed by atoms with Crippen molar-refractivity contribution in [1.29, 1.82) is 0 Å². The summed E-state index contributed by atoms with van der Waals surface area (Å²) in [6.07, 6.45) is 1.95. The molecule has 86 valence electrons. The van der Waals surface area contributed by atoms with Crippen LogP contribution in [-0.4, -0.2) is 16.2 Å². The van der Waals surface area contributed by atoms with E-state index in [1.165, 1.54) is 12.1 Å². The summed E-state index contributed by atoms with van der Waals surface area (Å²) in [5.74, 6) is -2.05. The van der Waals surface area contributed by atoms with Crippen LogP contribution in [0.5, 0.6) is 0 Å². The molecular weight excluding hydrogens is 211 g/mol. The first-order chi connectivity index (χ1) is 7.59. The summed E-state index contributed by atoms with van der Waals surface area (Å²) < 4.78 is 13.6. The largest absolute Gasteiger partial charge is 0.479 e. The zero-order chi connectivity index (χ0) is 11.7. The Kier molecular flexibility index (Phi) is 2.92. The molecule has 1 aromatic rings. The molecule has 3 nitrogen and oxygen atoms in total. The van der Waals surface area contributed by atoms with Crippen LogP contribution in [-0.2, 0) is 17.6 Å². The fourth-order valence-corrected chi connectivity index (χ4v) is 2.12. The first-order valence-corrected chi connectivity index (χ1v) is 5.31. The van der Waals surface area contributed by atoms with E-state index < -0.39 is 17.9 Å². The normalized spacial score (nSPS) is 16.6. The molecule has 2 rings (SSSR count). The van der Waals surface area contributed by atoms with Gasteiger partial charge in [-0.1, -0.05) is 0 Å². The Labute approximate surface area is 92.5 Å². The van der Waals surface area contributed by atoms with Gasteiger partial charge in [-0.05, 0) is 48.9 Å². The van der Waals surface area contributed by atoms with Crippen molar-refractivity contribution < 1.29 is 19.4 Å². The van der Waals surface area contributed by atoms with Gasteiger partial charge in [0.2, 0.25) is 0 Å². The highest BCUT2D eigenvalue weighted by Gasteiger charge is 2.22. The van der Waals surface area contributed by atoms with Crippen LogP contribution in [0, 0.1) is 5.82 Å². The van der Waals surface area contributed by atoms with Crippen molar-refractivity contribution in [3.05, 3.63) is 34.6 Å². The molecule has 0 saturated heterocycles. The number of aryl methyl sites for hydroxylation is 2. The number of carboxylic acids is 1. The number of aliphatic carboxylic acids is 1. The molecule has 1 aliphatic carbocycles. The number of carbonyl (C=O) groups is 1. The molecule has 16 heavy (non-hydrogen) atoms. The second-order valence-corrected chi connectivity index (χ2v) is 4.09. The number of carboxylic acid groups (broad SMARTS) is 1. The highest BCUT2D eigenvalue weighted by molar-refractivity contribution is 5.74. The molecule has 0 radical (unpaired) electrons. The molecule has 1 unspecified atom stereocenters. The quantitative estimate of drug-likeness (QED) is 0.805. The molecule has 0 aliphatic heterocycles. The summed E-state index contributed by atoms with van der Waals surface area (Å²) in [5, 5.41) is 18.0. The Morgan fingerprint density at radius 3 is 2.38 bits per heavy atom. The van der Waals surface area contributed by atoms with Crippen molar-refractivity contribution in [1.82, 2.24) is 0 Å². The van der Waals surface area contributed by atoms with Gasteiger partial charge < -0.3 is 10.2 Å². The van der Waals surface area contributed by atoms with Crippen LogP contribution in [0.1, 0.15) is 35.6 Å². The standard InChI is InChI=1S/C12H13FO3/c13-10-6-8-4-2-1-3-7(8)5-9(10)11(14)12(15)16/h5-6,11,14H,1-4H2,(H,15,16). The smallest absolute Gasteiger partial charge is 0.337 e. The van der Waals surface area contributed by atoms with E-state index in [0.717, 1.165) is 36.8 Å². The van der Waals surface area contributed by atoms with Gasteiger partial charge in [0.1, 0.15) is 5.82 Å². The first kappa shape index (κ1) is 11.1. The number of aliphatic hydroxyl groups excluding tert-OH is 1. The molecule has 4 heteroatoms. The maximum absolute atomic E-state index is 13.6. The van der Waals surface area contributed by atoms with Crippen molar-refractivity contribution in [3.8, 4) is 0 Å². The minimum atomic E-state index is -1.77. The Balaban J connectivity index is 2.43. The zero-order valence-corrected chi connectivity index (χ0v) is 8.74. The SMILES string of the molecule is O=C(O)C(O)c1cc2c(cc1F)CCCC2. The molecule has 0 amide bonds. The van der Waals surface area contributed by atoms with Crippen LogP contribution in [0.15, 0.2) is 12.1 Å². The van der Waals surface area contributed by atoms with Gasteiger partial charge in [-0.2, -0.15) is 0 Å². The minimum Gasteiger partial charge on any atom is -0.479 e. The van der Waals surface area contributed by atoms with Gasteiger partial charge in [0, 0.05) is 5.56 Å². The van der Waals surface area contributed by atoms with Crippen molar-refractivity contribution in [3.63, 3.8) is 0 Å². The summed E-state index contributed by atoms with van der Waals surface area (Å²) in [6, 6.07) is 2.85. The average Bonchev–Trinajstić information content (AvgIpc) is 2.27. The second-order valence-electron chi connectivity index (χ2n) is 4.09. The van der Waals surface area contributed by atoms with Crippen LogP contribution in [0.3, 0.4) is 0 Å². The zero-order valence-electron chi connectivity index (χ0n) is 8.74. The number of benzene rings is 1. The summed E-state index contributed by atoms with van der Waals surface area (Å²) in [5.41, 5.74) is 1.76. The van der Waals surface area contributed by atoms with Gasteiger partial charge in [0.15, 0.2) is 6.10 Å². The minimum absolute atomic E-state index is 0.131. The average molecular weight is 224 g/mol. The topological polar surface area (TPSA) is 57.5 Å². The van der Waals surface area contributed by atoms with Crippen LogP contribution < -0.4 is 0 Å². The van der Waals surface area contributed by atoms with Crippen molar-refractivity contribution in [2.75, 3.05) is 0 Å². The Morgan fingerprint density at radius 1 is 1.25 bits per heavy atom. The first-order valence-electron chi connectivity index (χ1n) is 5.31. The van der Waals surface area contributed by atoms with Gasteiger partial charge in [-0.25, -0.2) is 9.18 Å². The molecule has 0 aromatic heterocycles. The van der Waals surface area contributed by atoms with Crippen molar-refractivity contribution in [2.24, 2.45) is 0 Å². The molecule has 0 heterocycles. The number of hydrogen-bond donors (Lipinski definition) is 2. The second kappa shape index (κ2) is 4.22. The van der Waals surface area contributed by atoms with Crippen LogP contribution in [0.25, 0.3) is 0 Å². The monoisotopic (exact) mass is 224 g/mol. The van der Waals surface area contributed by atoms with E-state index in [4.69, 9.17) is 5.11 Å². The highest BCUT2D eigenvalue weighted by atomic mass is 19.1.